The number of hydrogen-bond acceptors (Lipinski definition) is 6. The molecule has 0 aliphatic carbocycles. The van der Waals surface area contributed by atoms with Crippen LogP contribution < -0.4 is 14.4 Å². The summed E-state index contributed by atoms with van der Waals surface area (Å²) < 4.78 is 11.0. The first-order valence-corrected chi connectivity index (χ1v) is 9.08. The van der Waals surface area contributed by atoms with Gasteiger partial charge in [0.15, 0.2) is 22.4 Å². The highest BCUT2D eigenvalue weighted by molar-refractivity contribution is 8.27. The average molecular weight is 401 g/mol. The number of benzene rings is 2. The Hall–Kier alpha value is -2.84. The Balaban J connectivity index is 1.96. The molecule has 1 heterocycles. The van der Waals surface area contributed by atoms with Crippen molar-refractivity contribution < 1.29 is 24.2 Å². The van der Waals surface area contributed by atoms with E-state index in [1.807, 2.05) is 18.2 Å². The molecule has 0 spiro atoms. The van der Waals surface area contributed by atoms with Crippen LogP contribution in [0.25, 0.3) is 6.08 Å². The fourth-order valence-electron chi connectivity index (χ4n) is 2.50. The number of ether oxygens (including phenoxy) is 2. The first kappa shape index (κ1) is 18.9. The second kappa shape index (κ2) is 8.24. The molecule has 0 radical (unpaired) electrons. The zero-order valence-electron chi connectivity index (χ0n) is 14.2. The maximum atomic E-state index is 12.8. The fraction of sp³-hybridized carbons (Fsp3) is 0.105. The second-order valence-electron chi connectivity index (χ2n) is 5.41. The average Bonchev–Trinajstić information content (AvgIpc) is 2.94. The van der Waals surface area contributed by atoms with E-state index in [4.69, 9.17) is 26.8 Å². The van der Waals surface area contributed by atoms with Gasteiger partial charge in [0.25, 0.3) is 5.91 Å². The van der Waals surface area contributed by atoms with Crippen molar-refractivity contribution in [2.24, 2.45) is 0 Å². The van der Waals surface area contributed by atoms with E-state index in [0.29, 0.717) is 26.2 Å². The Morgan fingerprint density at radius 2 is 1.96 bits per heavy atom. The summed E-state index contributed by atoms with van der Waals surface area (Å²) in [5.74, 6) is -0.721. The Labute approximate surface area is 165 Å². The monoisotopic (exact) mass is 401 g/mol. The number of anilines is 1. The molecule has 1 amide bonds. The minimum Gasteiger partial charge on any atom is -0.493 e. The van der Waals surface area contributed by atoms with Gasteiger partial charge in [0.2, 0.25) is 0 Å². The van der Waals surface area contributed by atoms with Crippen LogP contribution in [-0.2, 0) is 9.59 Å². The molecule has 0 atom stereocenters. The predicted molar refractivity (Wildman–Crippen MR) is 108 cm³/mol. The first-order chi connectivity index (χ1) is 13.0. The van der Waals surface area contributed by atoms with Crippen LogP contribution in [-0.4, -0.2) is 35.0 Å². The van der Waals surface area contributed by atoms with Crippen molar-refractivity contribution in [2.45, 2.75) is 0 Å². The van der Waals surface area contributed by atoms with Crippen LogP contribution in [0.3, 0.4) is 0 Å². The van der Waals surface area contributed by atoms with Gasteiger partial charge in [-0.1, -0.05) is 54.3 Å². The topological polar surface area (TPSA) is 76.1 Å². The van der Waals surface area contributed by atoms with Gasteiger partial charge in [0, 0.05) is 5.56 Å². The molecule has 138 valence electrons. The zero-order valence-corrected chi connectivity index (χ0v) is 15.9. The summed E-state index contributed by atoms with van der Waals surface area (Å²) in [5.41, 5.74) is 1.22. The van der Waals surface area contributed by atoms with Crippen LogP contribution in [0, 0.1) is 0 Å². The van der Waals surface area contributed by atoms with Crippen molar-refractivity contribution in [3.63, 3.8) is 0 Å². The van der Waals surface area contributed by atoms with Gasteiger partial charge < -0.3 is 14.6 Å². The smallest absolute Gasteiger partial charge is 0.341 e. The lowest BCUT2D eigenvalue weighted by atomic mass is 10.1. The van der Waals surface area contributed by atoms with Crippen molar-refractivity contribution in [1.82, 2.24) is 0 Å². The lowest BCUT2D eigenvalue weighted by Gasteiger charge is -2.14. The van der Waals surface area contributed by atoms with Gasteiger partial charge in [-0.15, -0.1) is 0 Å². The van der Waals surface area contributed by atoms with Crippen LogP contribution >= 0.6 is 24.0 Å². The molecule has 0 unspecified atom stereocenters. The number of para-hydroxylation sites is 2. The molecule has 1 aliphatic heterocycles. The third kappa shape index (κ3) is 4.12. The number of aliphatic carboxylic acids is 1. The number of carboxylic acids is 1. The van der Waals surface area contributed by atoms with E-state index < -0.39 is 12.6 Å². The molecule has 3 rings (SSSR count). The summed E-state index contributed by atoms with van der Waals surface area (Å²) >= 11 is 6.53. The molecule has 8 heteroatoms. The van der Waals surface area contributed by atoms with Crippen LogP contribution in [0.5, 0.6) is 11.5 Å². The molecule has 6 nitrogen and oxygen atoms in total. The molecular formula is C19H15NO5S2. The number of methoxy groups -OCH3 is 1. The van der Waals surface area contributed by atoms with E-state index in [2.05, 4.69) is 0 Å². The number of carboxylic acid groups (broad SMARTS) is 1. The Kier molecular flexibility index (Phi) is 5.78. The van der Waals surface area contributed by atoms with E-state index in [1.165, 1.54) is 23.8 Å². The van der Waals surface area contributed by atoms with E-state index in [0.717, 1.165) is 0 Å². The van der Waals surface area contributed by atoms with Crippen molar-refractivity contribution >= 4 is 51.9 Å². The fourth-order valence-corrected chi connectivity index (χ4v) is 3.79. The zero-order chi connectivity index (χ0) is 19.4. The maximum absolute atomic E-state index is 12.8. The van der Waals surface area contributed by atoms with E-state index in [9.17, 15) is 9.59 Å². The summed E-state index contributed by atoms with van der Waals surface area (Å²) in [7, 11) is 1.46. The minimum atomic E-state index is -1.11. The quantitative estimate of drug-likeness (QED) is 0.586. The largest absolute Gasteiger partial charge is 0.493 e. The number of amides is 1. The molecule has 1 N–H and O–H groups in total. The molecule has 2 aromatic carbocycles. The van der Waals surface area contributed by atoms with Crippen LogP contribution in [0.15, 0.2) is 53.4 Å². The Bertz CT molecular complexity index is 927. The van der Waals surface area contributed by atoms with Crippen molar-refractivity contribution in [3.05, 3.63) is 59.0 Å². The van der Waals surface area contributed by atoms with Crippen molar-refractivity contribution in [3.8, 4) is 11.5 Å². The van der Waals surface area contributed by atoms with Crippen LogP contribution in [0.2, 0.25) is 0 Å². The molecule has 1 aliphatic rings. The molecule has 0 bridgehead atoms. The molecular weight excluding hydrogens is 386 g/mol. The summed E-state index contributed by atoms with van der Waals surface area (Å²) in [6.07, 6.45) is 1.63. The highest BCUT2D eigenvalue weighted by Crippen LogP contribution is 2.39. The van der Waals surface area contributed by atoms with Crippen molar-refractivity contribution in [2.75, 3.05) is 18.6 Å². The summed E-state index contributed by atoms with van der Waals surface area (Å²) in [6.45, 7) is -0.522. The first-order valence-electron chi connectivity index (χ1n) is 7.86. The van der Waals surface area contributed by atoms with Gasteiger partial charge >= 0.3 is 5.97 Å². The summed E-state index contributed by atoms with van der Waals surface area (Å²) in [5, 5.41) is 8.89. The van der Waals surface area contributed by atoms with E-state index in [-0.39, 0.29) is 11.7 Å². The molecule has 0 saturated carbocycles. The number of thioether (sulfide) groups is 1. The lowest BCUT2D eigenvalue weighted by Crippen LogP contribution is -2.27. The number of nitrogens with zero attached hydrogens (tertiary/aromatic N) is 1. The standard InChI is InChI=1S/C19H15NO5S2/c1-24-14-9-5-6-12(17(14)25-11-16(21)22)10-15-18(23)20(19(26)27-15)13-7-3-2-4-8-13/h2-10H,11H2,1H3,(H,21,22)/b15-10+. The Morgan fingerprint density at radius 3 is 2.63 bits per heavy atom. The van der Waals surface area contributed by atoms with E-state index >= 15 is 0 Å². The van der Waals surface area contributed by atoms with Gasteiger partial charge in [0.05, 0.1) is 17.7 Å². The maximum Gasteiger partial charge on any atom is 0.341 e. The predicted octanol–water partition coefficient (Wildman–Crippen LogP) is 3.56. The highest BCUT2D eigenvalue weighted by Gasteiger charge is 2.33. The number of rotatable bonds is 6. The van der Waals surface area contributed by atoms with Crippen LogP contribution in [0.4, 0.5) is 5.69 Å². The molecule has 27 heavy (non-hydrogen) atoms. The van der Waals surface area contributed by atoms with Crippen molar-refractivity contribution in [1.29, 1.82) is 0 Å². The van der Waals surface area contributed by atoms with Gasteiger partial charge in [-0.2, -0.15) is 0 Å². The molecule has 0 aromatic heterocycles. The molecule has 1 saturated heterocycles. The second-order valence-corrected chi connectivity index (χ2v) is 7.09. The highest BCUT2D eigenvalue weighted by atomic mass is 32.2. The van der Waals surface area contributed by atoms with E-state index in [1.54, 1.807) is 36.4 Å². The third-order valence-corrected chi connectivity index (χ3v) is 4.97. The molecule has 1 fully saturated rings. The van der Waals surface area contributed by atoms with Gasteiger partial charge in [-0.25, -0.2) is 4.79 Å². The SMILES string of the molecule is COc1cccc(/C=C2/SC(=S)N(c3ccccc3)C2=O)c1OCC(=O)O. The number of carbonyl (C=O) groups excluding carboxylic acids is 1. The normalized spacial score (nSPS) is 15.3. The number of carbonyl (C=O) groups is 2. The number of thiocarbonyl (C=S) groups is 1. The van der Waals surface area contributed by atoms with Gasteiger partial charge in [-0.05, 0) is 24.3 Å². The lowest BCUT2D eigenvalue weighted by molar-refractivity contribution is -0.139. The third-order valence-electron chi connectivity index (χ3n) is 3.66. The van der Waals surface area contributed by atoms with Gasteiger partial charge in [-0.3, -0.25) is 9.69 Å². The molecule has 2 aromatic rings. The van der Waals surface area contributed by atoms with Crippen LogP contribution in [0.1, 0.15) is 5.56 Å². The Morgan fingerprint density at radius 1 is 1.22 bits per heavy atom. The van der Waals surface area contributed by atoms with Gasteiger partial charge in [0.1, 0.15) is 0 Å². The summed E-state index contributed by atoms with van der Waals surface area (Å²) in [4.78, 5) is 25.6. The summed E-state index contributed by atoms with van der Waals surface area (Å²) in [6, 6.07) is 14.2. The number of hydrogen-bond donors (Lipinski definition) is 1. The minimum absolute atomic E-state index is 0.247.